The lowest BCUT2D eigenvalue weighted by molar-refractivity contribution is 0.371. The maximum absolute atomic E-state index is 5.88. The van der Waals surface area contributed by atoms with Gasteiger partial charge in [-0.1, -0.05) is 6.42 Å². The van der Waals surface area contributed by atoms with Crippen LogP contribution >= 0.6 is 11.8 Å². The van der Waals surface area contributed by atoms with Crippen LogP contribution in [0.5, 0.6) is 5.75 Å². The molecule has 2 N–H and O–H groups in total. The highest BCUT2D eigenvalue weighted by Gasteiger charge is 2.36. The zero-order chi connectivity index (χ0) is 11.6. The molecule has 3 heteroatoms. The number of benzene rings is 1. The van der Waals surface area contributed by atoms with Gasteiger partial charge in [-0.15, -0.1) is 11.8 Å². The van der Waals surface area contributed by atoms with E-state index in [1.807, 2.05) is 17.8 Å². The fourth-order valence-corrected chi connectivity index (χ4v) is 3.41. The predicted octanol–water partition coefficient (Wildman–Crippen LogP) is 2.98. The molecule has 16 heavy (non-hydrogen) atoms. The second-order valence-corrected chi connectivity index (χ2v) is 5.98. The standard InChI is InChI=1S/C13H19NOS/c1-10-8-11(15-2)4-5-12(10)16-13(9-14)6-3-7-13/h4-5,8H,3,6-7,9,14H2,1-2H3. The van der Waals surface area contributed by atoms with E-state index in [9.17, 15) is 0 Å². The molecule has 2 nitrogen and oxygen atoms in total. The fraction of sp³-hybridized carbons (Fsp3) is 0.538. The van der Waals surface area contributed by atoms with Crippen LogP contribution in [0.1, 0.15) is 24.8 Å². The molecule has 0 saturated heterocycles. The smallest absolute Gasteiger partial charge is 0.119 e. The number of rotatable bonds is 4. The topological polar surface area (TPSA) is 35.2 Å². The summed E-state index contributed by atoms with van der Waals surface area (Å²) < 4.78 is 5.52. The van der Waals surface area contributed by atoms with Gasteiger partial charge in [-0.25, -0.2) is 0 Å². The van der Waals surface area contributed by atoms with Crippen molar-refractivity contribution in [3.8, 4) is 5.75 Å². The first-order chi connectivity index (χ1) is 7.69. The van der Waals surface area contributed by atoms with Crippen molar-refractivity contribution in [3.63, 3.8) is 0 Å². The number of aryl methyl sites for hydroxylation is 1. The Bertz CT molecular complexity index is 369. The molecule has 1 saturated carbocycles. The molecular weight excluding hydrogens is 218 g/mol. The van der Waals surface area contributed by atoms with Crippen LogP contribution in [0.4, 0.5) is 0 Å². The summed E-state index contributed by atoms with van der Waals surface area (Å²) in [6.07, 6.45) is 3.82. The van der Waals surface area contributed by atoms with Crippen LogP contribution in [0.15, 0.2) is 23.1 Å². The highest BCUT2D eigenvalue weighted by molar-refractivity contribution is 8.00. The third kappa shape index (κ3) is 2.20. The van der Waals surface area contributed by atoms with Crippen LogP contribution in [-0.4, -0.2) is 18.4 Å². The summed E-state index contributed by atoms with van der Waals surface area (Å²) in [4.78, 5) is 1.34. The van der Waals surface area contributed by atoms with Crippen molar-refractivity contribution in [3.05, 3.63) is 23.8 Å². The van der Waals surface area contributed by atoms with E-state index in [-0.39, 0.29) is 0 Å². The summed E-state index contributed by atoms with van der Waals surface area (Å²) >= 11 is 1.94. The first-order valence-electron chi connectivity index (χ1n) is 5.73. The number of methoxy groups -OCH3 is 1. The maximum atomic E-state index is 5.88. The average Bonchev–Trinajstić information content (AvgIpc) is 2.25. The molecule has 88 valence electrons. The van der Waals surface area contributed by atoms with Crippen LogP contribution in [0.3, 0.4) is 0 Å². The van der Waals surface area contributed by atoms with Crippen molar-refractivity contribution in [2.45, 2.75) is 35.8 Å². The molecular formula is C13H19NOS. The third-order valence-corrected chi connectivity index (χ3v) is 5.03. The van der Waals surface area contributed by atoms with Crippen molar-refractivity contribution >= 4 is 11.8 Å². The first kappa shape index (κ1) is 11.8. The summed E-state index contributed by atoms with van der Waals surface area (Å²) in [5, 5.41) is 0. The van der Waals surface area contributed by atoms with Crippen LogP contribution in [0, 0.1) is 6.92 Å². The lowest BCUT2D eigenvalue weighted by Crippen LogP contribution is -2.41. The van der Waals surface area contributed by atoms with Crippen LogP contribution in [-0.2, 0) is 0 Å². The van der Waals surface area contributed by atoms with Gasteiger partial charge in [0.25, 0.3) is 0 Å². The minimum atomic E-state index is 0.305. The lowest BCUT2D eigenvalue weighted by Gasteiger charge is -2.40. The number of hydrogen-bond donors (Lipinski definition) is 1. The summed E-state index contributed by atoms with van der Waals surface area (Å²) in [5.74, 6) is 0.928. The molecule has 2 rings (SSSR count). The fourth-order valence-electron chi connectivity index (χ4n) is 2.02. The monoisotopic (exact) mass is 237 g/mol. The zero-order valence-electron chi connectivity index (χ0n) is 9.95. The van der Waals surface area contributed by atoms with Crippen LogP contribution < -0.4 is 10.5 Å². The van der Waals surface area contributed by atoms with Gasteiger partial charge in [0, 0.05) is 16.2 Å². The molecule has 0 unspecified atom stereocenters. The van der Waals surface area contributed by atoms with Gasteiger partial charge in [0.15, 0.2) is 0 Å². The third-order valence-electron chi connectivity index (χ3n) is 3.35. The van der Waals surface area contributed by atoms with E-state index in [0.717, 1.165) is 12.3 Å². The minimum Gasteiger partial charge on any atom is -0.497 e. The van der Waals surface area contributed by atoms with Crippen LogP contribution in [0.25, 0.3) is 0 Å². The molecule has 0 aliphatic heterocycles. The van der Waals surface area contributed by atoms with E-state index in [4.69, 9.17) is 10.5 Å². The Kier molecular flexibility index (Phi) is 3.45. The largest absolute Gasteiger partial charge is 0.497 e. The molecule has 0 heterocycles. The molecule has 1 aliphatic rings. The van der Waals surface area contributed by atoms with Crippen molar-refractivity contribution in [1.29, 1.82) is 0 Å². The molecule has 1 aliphatic carbocycles. The second kappa shape index (κ2) is 4.68. The van der Waals surface area contributed by atoms with E-state index in [0.29, 0.717) is 4.75 Å². The van der Waals surface area contributed by atoms with Crippen molar-refractivity contribution in [2.24, 2.45) is 5.73 Å². The van der Waals surface area contributed by atoms with E-state index >= 15 is 0 Å². The summed E-state index contributed by atoms with van der Waals surface area (Å²) in [6.45, 7) is 2.91. The Balaban J connectivity index is 2.15. The van der Waals surface area contributed by atoms with Gasteiger partial charge in [-0.05, 0) is 43.5 Å². The van der Waals surface area contributed by atoms with Crippen molar-refractivity contribution in [1.82, 2.24) is 0 Å². The van der Waals surface area contributed by atoms with Crippen molar-refractivity contribution < 1.29 is 4.74 Å². The predicted molar refractivity (Wildman–Crippen MR) is 69.2 cm³/mol. The highest BCUT2D eigenvalue weighted by atomic mass is 32.2. The molecule has 0 bridgehead atoms. The summed E-state index contributed by atoms with van der Waals surface area (Å²) in [7, 11) is 1.70. The number of hydrogen-bond acceptors (Lipinski definition) is 3. The van der Waals surface area contributed by atoms with Gasteiger partial charge in [-0.2, -0.15) is 0 Å². The van der Waals surface area contributed by atoms with E-state index < -0.39 is 0 Å². The molecule has 0 atom stereocenters. The van der Waals surface area contributed by atoms with Gasteiger partial charge in [0.2, 0.25) is 0 Å². The molecule has 0 aromatic heterocycles. The second-order valence-electron chi connectivity index (χ2n) is 4.47. The van der Waals surface area contributed by atoms with Gasteiger partial charge in [-0.3, -0.25) is 0 Å². The van der Waals surface area contributed by atoms with Gasteiger partial charge >= 0.3 is 0 Å². The Labute approximate surface area is 102 Å². The number of nitrogens with two attached hydrogens (primary N) is 1. The van der Waals surface area contributed by atoms with Gasteiger partial charge in [0.1, 0.15) is 5.75 Å². The lowest BCUT2D eigenvalue weighted by atomic mass is 9.84. The SMILES string of the molecule is COc1ccc(SC2(CN)CCC2)c(C)c1. The average molecular weight is 237 g/mol. The van der Waals surface area contributed by atoms with Crippen molar-refractivity contribution in [2.75, 3.05) is 13.7 Å². The van der Waals surface area contributed by atoms with E-state index in [1.54, 1.807) is 7.11 Å². The maximum Gasteiger partial charge on any atom is 0.119 e. The molecule has 1 aromatic rings. The highest BCUT2D eigenvalue weighted by Crippen LogP contribution is 2.47. The Morgan fingerprint density at radius 2 is 2.19 bits per heavy atom. The molecule has 1 aromatic carbocycles. The molecule has 1 fully saturated rings. The van der Waals surface area contributed by atoms with Gasteiger partial charge < -0.3 is 10.5 Å². The van der Waals surface area contributed by atoms with Gasteiger partial charge in [0.05, 0.1) is 7.11 Å². The zero-order valence-corrected chi connectivity index (χ0v) is 10.8. The Morgan fingerprint density at radius 3 is 2.62 bits per heavy atom. The number of ether oxygens (including phenoxy) is 1. The Hall–Kier alpha value is -0.670. The summed E-state index contributed by atoms with van der Waals surface area (Å²) in [6, 6.07) is 6.26. The van der Waals surface area contributed by atoms with E-state index in [2.05, 4.69) is 19.1 Å². The van der Waals surface area contributed by atoms with E-state index in [1.165, 1.54) is 29.7 Å². The minimum absolute atomic E-state index is 0.305. The quantitative estimate of drug-likeness (QED) is 0.874. The van der Waals surface area contributed by atoms with Crippen LogP contribution in [0.2, 0.25) is 0 Å². The number of thioether (sulfide) groups is 1. The summed E-state index contributed by atoms with van der Waals surface area (Å²) in [5.41, 5.74) is 7.16. The molecule has 0 amide bonds. The first-order valence-corrected chi connectivity index (χ1v) is 6.54. The molecule has 0 spiro atoms. The molecule has 0 radical (unpaired) electrons. The Morgan fingerprint density at radius 1 is 1.44 bits per heavy atom. The normalized spacial score (nSPS) is 17.9.